The molecule has 2 heterocycles. The van der Waals surface area contributed by atoms with Crippen molar-refractivity contribution in [3.8, 4) is 0 Å². The lowest BCUT2D eigenvalue weighted by molar-refractivity contribution is 0.185. The van der Waals surface area contributed by atoms with Gasteiger partial charge in [-0.05, 0) is 36.8 Å². The number of aryl methyl sites for hydroxylation is 1. The van der Waals surface area contributed by atoms with Gasteiger partial charge in [-0.1, -0.05) is 0 Å². The summed E-state index contributed by atoms with van der Waals surface area (Å²) >= 11 is 1.80. The molecule has 94 valence electrons. The van der Waals surface area contributed by atoms with Crippen molar-refractivity contribution in [2.45, 2.75) is 32.4 Å². The Balaban J connectivity index is 1.75. The molecule has 1 saturated heterocycles. The van der Waals surface area contributed by atoms with Gasteiger partial charge in [-0.2, -0.15) is 0 Å². The second kappa shape index (κ2) is 5.51. The number of nitrogens with one attached hydrogen (secondary N) is 1. The van der Waals surface area contributed by atoms with E-state index >= 15 is 0 Å². The summed E-state index contributed by atoms with van der Waals surface area (Å²) in [5, 5.41) is 5.68. The Hall–Kier alpha value is -1.07. The number of rotatable bonds is 3. The van der Waals surface area contributed by atoms with E-state index in [1.807, 2.05) is 0 Å². The second-order valence-corrected chi connectivity index (χ2v) is 5.51. The highest BCUT2D eigenvalue weighted by atomic mass is 32.1. The average molecular weight is 253 g/mol. The summed E-state index contributed by atoms with van der Waals surface area (Å²) in [6.45, 7) is 4.63. The van der Waals surface area contributed by atoms with E-state index in [1.165, 1.54) is 10.4 Å². The van der Waals surface area contributed by atoms with E-state index in [0.717, 1.165) is 32.5 Å². The largest absolute Gasteiger partial charge is 0.351 e. The topological polar surface area (TPSA) is 58.4 Å². The molecule has 1 aromatic rings. The third-order valence-corrected chi connectivity index (χ3v) is 4.35. The Morgan fingerprint density at radius 3 is 2.82 bits per heavy atom. The Morgan fingerprint density at radius 2 is 2.29 bits per heavy atom. The van der Waals surface area contributed by atoms with Crippen LogP contribution in [0.1, 0.15) is 23.3 Å². The maximum Gasteiger partial charge on any atom is 0.314 e. The minimum Gasteiger partial charge on any atom is -0.351 e. The van der Waals surface area contributed by atoms with Gasteiger partial charge in [0.1, 0.15) is 0 Å². The van der Waals surface area contributed by atoms with Gasteiger partial charge in [-0.15, -0.1) is 11.3 Å². The zero-order chi connectivity index (χ0) is 12.3. The van der Waals surface area contributed by atoms with E-state index in [1.54, 1.807) is 16.2 Å². The molecule has 1 fully saturated rings. The number of carbonyl (C=O) groups is 1. The number of amides is 2. The molecule has 2 amide bonds. The highest BCUT2D eigenvalue weighted by Gasteiger charge is 2.20. The highest BCUT2D eigenvalue weighted by molar-refractivity contribution is 7.10. The number of primary amides is 1. The van der Waals surface area contributed by atoms with Crippen molar-refractivity contribution in [2.24, 2.45) is 5.73 Å². The van der Waals surface area contributed by atoms with Gasteiger partial charge in [-0.3, -0.25) is 0 Å². The number of hydrogen-bond donors (Lipinski definition) is 2. The lowest BCUT2D eigenvalue weighted by atomic mass is 10.1. The second-order valence-electron chi connectivity index (χ2n) is 4.51. The summed E-state index contributed by atoms with van der Waals surface area (Å²) in [7, 11) is 0. The van der Waals surface area contributed by atoms with Crippen LogP contribution in [0.15, 0.2) is 11.4 Å². The van der Waals surface area contributed by atoms with Gasteiger partial charge < -0.3 is 16.0 Å². The van der Waals surface area contributed by atoms with Crippen molar-refractivity contribution in [2.75, 3.05) is 13.1 Å². The number of carbonyl (C=O) groups excluding carboxylic acids is 1. The Labute approximate surface area is 106 Å². The van der Waals surface area contributed by atoms with Gasteiger partial charge in [0, 0.05) is 30.6 Å². The van der Waals surface area contributed by atoms with Crippen LogP contribution in [0.5, 0.6) is 0 Å². The Morgan fingerprint density at radius 1 is 1.59 bits per heavy atom. The van der Waals surface area contributed by atoms with Crippen molar-refractivity contribution in [3.63, 3.8) is 0 Å². The quantitative estimate of drug-likeness (QED) is 0.861. The fraction of sp³-hybridized carbons (Fsp3) is 0.583. The molecule has 0 aromatic carbocycles. The van der Waals surface area contributed by atoms with Crippen molar-refractivity contribution in [1.82, 2.24) is 10.2 Å². The molecule has 1 aliphatic rings. The fourth-order valence-electron chi connectivity index (χ4n) is 2.13. The maximum absolute atomic E-state index is 11.0. The molecule has 0 atom stereocenters. The molecule has 2 rings (SSSR count). The van der Waals surface area contributed by atoms with Crippen LogP contribution in [0.3, 0.4) is 0 Å². The van der Waals surface area contributed by atoms with Crippen LogP contribution >= 0.6 is 11.3 Å². The monoisotopic (exact) mass is 253 g/mol. The van der Waals surface area contributed by atoms with Gasteiger partial charge in [-0.25, -0.2) is 4.79 Å². The highest BCUT2D eigenvalue weighted by Crippen LogP contribution is 2.16. The van der Waals surface area contributed by atoms with Crippen molar-refractivity contribution in [1.29, 1.82) is 0 Å². The Kier molecular flexibility index (Phi) is 4.02. The number of nitrogens with zero attached hydrogens (tertiary/aromatic N) is 1. The summed E-state index contributed by atoms with van der Waals surface area (Å²) < 4.78 is 0. The molecule has 0 saturated carbocycles. The number of likely N-dealkylation sites (tertiary alicyclic amines) is 1. The fourth-order valence-corrected chi connectivity index (χ4v) is 2.98. The molecule has 1 aliphatic heterocycles. The third kappa shape index (κ3) is 3.20. The van der Waals surface area contributed by atoms with E-state index in [9.17, 15) is 4.79 Å². The van der Waals surface area contributed by atoms with Crippen molar-refractivity contribution < 1.29 is 4.79 Å². The number of thiophene rings is 1. The first-order valence-electron chi connectivity index (χ1n) is 5.97. The minimum atomic E-state index is -0.294. The first-order valence-corrected chi connectivity index (χ1v) is 6.85. The van der Waals surface area contributed by atoms with Gasteiger partial charge in [0.2, 0.25) is 0 Å². The lowest BCUT2D eigenvalue weighted by Crippen LogP contribution is -2.46. The van der Waals surface area contributed by atoms with Crippen LogP contribution in [0, 0.1) is 6.92 Å². The molecule has 5 heteroatoms. The minimum absolute atomic E-state index is 0.294. The Bertz CT molecular complexity index is 383. The van der Waals surface area contributed by atoms with Crippen LogP contribution < -0.4 is 11.1 Å². The summed E-state index contributed by atoms with van der Waals surface area (Å²) in [6, 6.07) is 2.36. The van der Waals surface area contributed by atoms with Crippen LogP contribution in [0.2, 0.25) is 0 Å². The normalized spacial score (nSPS) is 17.4. The van der Waals surface area contributed by atoms with Crippen molar-refractivity contribution in [3.05, 3.63) is 21.9 Å². The van der Waals surface area contributed by atoms with E-state index in [4.69, 9.17) is 5.73 Å². The van der Waals surface area contributed by atoms with E-state index in [0.29, 0.717) is 6.04 Å². The molecule has 1 aromatic heterocycles. The molecule has 3 N–H and O–H groups in total. The molecule has 0 radical (unpaired) electrons. The van der Waals surface area contributed by atoms with Gasteiger partial charge in [0.15, 0.2) is 0 Å². The number of nitrogens with two attached hydrogens (primary N) is 1. The third-order valence-electron chi connectivity index (χ3n) is 3.33. The number of urea groups is 1. The standard InChI is InChI=1S/C12H19N3OS/c1-9-4-7-17-11(9)8-14-10-2-5-15(6-3-10)12(13)16/h4,7,10,14H,2-3,5-6,8H2,1H3,(H2,13,16). The smallest absolute Gasteiger partial charge is 0.314 e. The number of hydrogen-bond acceptors (Lipinski definition) is 3. The van der Waals surface area contributed by atoms with Crippen LogP contribution in [0.4, 0.5) is 4.79 Å². The molecule has 17 heavy (non-hydrogen) atoms. The predicted molar refractivity (Wildman–Crippen MR) is 70.1 cm³/mol. The van der Waals surface area contributed by atoms with Crippen molar-refractivity contribution >= 4 is 17.4 Å². The molecular formula is C12H19N3OS. The zero-order valence-corrected chi connectivity index (χ0v) is 10.9. The first kappa shape index (κ1) is 12.4. The maximum atomic E-state index is 11.0. The lowest BCUT2D eigenvalue weighted by Gasteiger charge is -2.31. The molecular weight excluding hydrogens is 234 g/mol. The zero-order valence-electron chi connectivity index (χ0n) is 10.1. The predicted octanol–water partition coefficient (Wildman–Crippen LogP) is 1.69. The van der Waals surface area contributed by atoms with Gasteiger partial charge in [0.05, 0.1) is 0 Å². The van der Waals surface area contributed by atoms with E-state index in [2.05, 4.69) is 23.7 Å². The van der Waals surface area contributed by atoms with E-state index < -0.39 is 0 Å². The van der Waals surface area contributed by atoms with Crippen LogP contribution in [-0.2, 0) is 6.54 Å². The molecule has 0 spiro atoms. The average Bonchev–Trinajstić information content (AvgIpc) is 2.73. The summed E-state index contributed by atoms with van der Waals surface area (Å²) in [5.74, 6) is 0. The van der Waals surface area contributed by atoms with Gasteiger partial charge in [0.25, 0.3) is 0 Å². The number of piperidine rings is 1. The summed E-state index contributed by atoms with van der Waals surface area (Å²) in [5.41, 5.74) is 6.61. The first-order chi connectivity index (χ1) is 8.16. The van der Waals surface area contributed by atoms with Crippen LogP contribution in [-0.4, -0.2) is 30.1 Å². The summed E-state index contributed by atoms with van der Waals surface area (Å²) in [4.78, 5) is 14.1. The summed E-state index contributed by atoms with van der Waals surface area (Å²) in [6.07, 6.45) is 1.99. The molecule has 0 unspecified atom stereocenters. The molecule has 0 aliphatic carbocycles. The SMILES string of the molecule is Cc1ccsc1CNC1CCN(C(N)=O)CC1. The molecule has 0 bridgehead atoms. The van der Waals surface area contributed by atoms with Gasteiger partial charge >= 0.3 is 6.03 Å². The van der Waals surface area contributed by atoms with E-state index in [-0.39, 0.29) is 6.03 Å². The molecule has 4 nitrogen and oxygen atoms in total. The van der Waals surface area contributed by atoms with Crippen LogP contribution in [0.25, 0.3) is 0 Å².